The van der Waals surface area contributed by atoms with Crippen LogP contribution in [-0.4, -0.2) is 44.6 Å². The minimum absolute atomic E-state index is 0.0163. The van der Waals surface area contributed by atoms with E-state index in [0.29, 0.717) is 13.1 Å². The Morgan fingerprint density at radius 3 is 2.64 bits per heavy atom. The molecule has 1 aromatic heterocycles. The Labute approximate surface area is 162 Å². The van der Waals surface area contributed by atoms with E-state index in [4.69, 9.17) is 4.74 Å². The van der Waals surface area contributed by atoms with Crippen molar-refractivity contribution in [3.63, 3.8) is 0 Å². The van der Waals surface area contributed by atoms with E-state index in [9.17, 15) is 4.79 Å². The van der Waals surface area contributed by atoms with Crippen molar-refractivity contribution in [1.29, 1.82) is 0 Å². The van der Waals surface area contributed by atoms with Crippen LogP contribution in [-0.2, 0) is 11.3 Å². The number of benzene rings is 2. The number of para-hydroxylation sites is 1. The zero-order valence-electron chi connectivity index (χ0n) is 15.4. The lowest BCUT2D eigenvalue weighted by atomic mass is 10.1. The van der Waals surface area contributed by atoms with Crippen LogP contribution in [0.4, 0.5) is 0 Å². The molecule has 1 fully saturated rings. The van der Waals surface area contributed by atoms with Gasteiger partial charge in [0.25, 0.3) is 0 Å². The molecular weight excluding hydrogens is 358 g/mol. The summed E-state index contributed by atoms with van der Waals surface area (Å²) >= 11 is 0. The number of carbonyl (C=O) groups is 1. The number of hydrogen-bond donors (Lipinski definition) is 2. The summed E-state index contributed by atoms with van der Waals surface area (Å²) < 4.78 is 7.35. The maximum Gasteiger partial charge on any atom is 0.230 e. The predicted octanol–water partition coefficient (Wildman–Crippen LogP) is 1.35. The Kier molecular flexibility index (Phi) is 5.27. The molecule has 4 rings (SSSR count). The van der Waals surface area contributed by atoms with Crippen molar-refractivity contribution < 1.29 is 9.53 Å². The molecule has 9 nitrogen and oxygen atoms in total. The van der Waals surface area contributed by atoms with Crippen LogP contribution in [0.1, 0.15) is 11.7 Å². The van der Waals surface area contributed by atoms with Gasteiger partial charge in [-0.15, -0.1) is 5.10 Å². The summed E-state index contributed by atoms with van der Waals surface area (Å²) in [6.07, 6.45) is 1.18. The fraction of sp³-hybridized carbons (Fsp3) is 0.263. The second-order valence-electron chi connectivity index (χ2n) is 6.62. The second kappa shape index (κ2) is 8.15. The molecule has 0 bridgehead atoms. The highest BCUT2D eigenvalue weighted by Crippen LogP contribution is 2.23. The summed E-state index contributed by atoms with van der Waals surface area (Å²) in [6, 6.07) is 17.4. The normalized spacial score (nSPS) is 18.8. The molecule has 0 saturated carbocycles. The van der Waals surface area contributed by atoms with Crippen LogP contribution in [0.2, 0.25) is 0 Å². The van der Waals surface area contributed by atoms with Gasteiger partial charge in [-0.3, -0.25) is 10.2 Å². The minimum Gasteiger partial charge on any atom is -0.457 e. The van der Waals surface area contributed by atoms with Gasteiger partial charge in [0, 0.05) is 20.1 Å². The molecule has 2 heterocycles. The molecule has 2 N–H and O–H groups in total. The second-order valence-corrected chi connectivity index (χ2v) is 6.62. The fourth-order valence-corrected chi connectivity index (χ4v) is 3.18. The number of hydrazine groups is 1. The topological polar surface area (TPSA) is 97.2 Å². The van der Waals surface area contributed by atoms with E-state index in [2.05, 4.69) is 26.4 Å². The molecule has 3 aromatic rings. The van der Waals surface area contributed by atoms with Gasteiger partial charge in [-0.2, -0.15) is 0 Å². The molecule has 9 heteroatoms. The highest BCUT2D eigenvalue weighted by atomic mass is 16.5. The number of hydrogen-bond acceptors (Lipinski definition) is 7. The molecule has 2 aromatic carbocycles. The molecule has 1 aliphatic heterocycles. The minimum atomic E-state index is -0.313. The van der Waals surface area contributed by atoms with Crippen LogP contribution >= 0.6 is 0 Å². The van der Waals surface area contributed by atoms with E-state index >= 15 is 0 Å². The molecule has 28 heavy (non-hydrogen) atoms. The zero-order valence-corrected chi connectivity index (χ0v) is 15.4. The summed E-state index contributed by atoms with van der Waals surface area (Å²) in [7, 11) is 1.80. The molecule has 0 spiro atoms. The largest absolute Gasteiger partial charge is 0.457 e. The van der Waals surface area contributed by atoms with E-state index in [1.54, 1.807) is 16.6 Å². The van der Waals surface area contributed by atoms with Crippen molar-refractivity contribution in [1.82, 2.24) is 36.0 Å². The third-order valence-corrected chi connectivity index (χ3v) is 4.62. The van der Waals surface area contributed by atoms with Gasteiger partial charge < -0.3 is 9.64 Å². The Hall–Kier alpha value is -3.30. The van der Waals surface area contributed by atoms with Crippen molar-refractivity contribution in [2.24, 2.45) is 5.92 Å². The highest BCUT2D eigenvalue weighted by Gasteiger charge is 2.36. The molecule has 1 amide bonds. The number of tetrazole rings is 1. The summed E-state index contributed by atoms with van der Waals surface area (Å²) in [5, 5.41) is 11.2. The fourth-order valence-electron chi connectivity index (χ4n) is 3.18. The SMILES string of the molecule is CN(Cc1ccc(Oc2ccccc2)cc1)C(=O)C1CNNC1n1cnnn1. The van der Waals surface area contributed by atoms with Gasteiger partial charge in [0.1, 0.15) is 24.0 Å². The Morgan fingerprint density at radius 2 is 1.93 bits per heavy atom. The number of carbonyl (C=O) groups excluding carboxylic acids is 1. The number of amides is 1. The van der Waals surface area contributed by atoms with Crippen molar-refractivity contribution in [2.45, 2.75) is 12.7 Å². The summed E-state index contributed by atoms with van der Waals surface area (Å²) in [4.78, 5) is 14.6. The highest BCUT2D eigenvalue weighted by molar-refractivity contribution is 5.79. The zero-order chi connectivity index (χ0) is 19.3. The van der Waals surface area contributed by atoms with E-state index in [1.807, 2.05) is 54.6 Å². The lowest BCUT2D eigenvalue weighted by Crippen LogP contribution is -2.38. The maximum absolute atomic E-state index is 12.9. The first-order chi connectivity index (χ1) is 13.7. The Balaban J connectivity index is 1.37. The first kappa shape index (κ1) is 18.1. The lowest BCUT2D eigenvalue weighted by molar-refractivity contribution is -0.135. The van der Waals surface area contributed by atoms with Gasteiger partial charge in [-0.25, -0.2) is 10.1 Å². The third kappa shape index (κ3) is 4.00. The molecule has 144 valence electrons. The first-order valence-corrected chi connectivity index (χ1v) is 8.98. The summed E-state index contributed by atoms with van der Waals surface area (Å²) in [5.41, 5.74) is 7.08. The molecule has 1 aliphatic rings. The van der Waals surface area contributed by atoms with Gasteiger partial charge in [-0.05, 0) is 40.3 Å². The molecule has 1 saturated heterocycles. The van der Waals surface area contributed by atoms with E-state index < -0.39 is 0 Å². The quantitative estimate of drug-likeness (QED) is 0.667. The van der Waals surface area contributed by atoms with E-state index in [0.717, 1.165) is 17.1 Å². The maximum atomic E-state index is 12.9. The van der Waals surface area contributed by atoms with Crippen LogP contribution in [0.15, 0.2) is 60.9 Å². The van der Waals surface area contributed by atoms with Crippen LogP contribution in [0, 0.1) is 5.92 Å². The molecule has 0 radical (unpaired) electrons. The first-order valence-electron chi connectivity index (χ1n) is 8.98. The Morgan fingerprint density at radius 1 is 1.18 bits per heavy atom. The van der Waals surface area contributed by atoms with Gasteiger partial charge in [0.2, 0.25) is 5.91 Å². The number of ether oxygens (including phenoxy) is 1. The van der Waals surface area contributed by atoms with E-state index in [1.165, 1.54) is 6.33 Å². The average molecular weight is 379 g/mol. The summed E-state index contributed by atoms with van der Waals surface area (Å²) in [5.74, 6) is 1.26. The number of rotatable bonds is 6. The smallest absolute Gasteiger partial charge is 0.230 e. The van der Waals surface area contributed by atoms with Crippen molar-refractivity contribution in [3.05, 3.63) is 66.5 Å². The number of nitrogens with one attached hydrogen (secondary N) is 2. The molecule has 2 unspecified atom stereocenters. The van der Waals surface area contributed by atoms with Gasteiger partial charge in [0.15, 0.2) is 0 Å². The van der Waals surface area contributed by atoms with Gasteiger partial charge in [0.05, 0.1) is 5.92 Å². The van der Waals surface area contributed by atoms with Gasteiger partial charge in [-0.1, -0.05) is 30.3 Å². The van der Waals surface area contributed by atoms with Gasteiger partial charge >= 0.3 is 0 Å². The summed E-state index contributed by atoms with van der Waals surface area (Å²) in [6.45, 7) is 1.01. The van der Waals surface area contributed by atoms with Crippen LogP contribution in [0.25, 0.3) is 0 Å². The molecule has 0 aliphatic carbocycles. The standard InChI is InChI=1S/C19H21N7O2/c1-25(19(27)17-11-20-22-18(17)26-13-21-23-24-26)12-14-7-9-16(10-8-14)28-15-5-3-2-4-6-15/h2-10,13,17-18,20,22H,11-12H2,1H3. The van der Waals surface area contributed by atoms with Crippen molar-refractivity contribution in [3.8, 4) is 11.5 Å². The van der Waals surface area contributed by atoms with Crippen molar-refractivity contribution >= 4 is 5.91 Å². The van der Waals surface area contributed by atoms with Crippen LogP contribution in [0.5, 0.6) is 11.5 Å². The predicted molar refractivity (Wildman–Crippen MR) is 101 cm³/mol. The van der Waals surface area contributed by atoms with E-state index in [-0.39, 0.29) is 18.0 Å². The van der Waals surface area contributed by atoms with Crippen LogP contribution in [0.3, 0.4) is 0 Å². The molecular formula is C19H21N7O2. The van der Waals surface area contributed by atoms with Crippen LogP contribution < -0.4 is 15.6 Å². The Bertz CT molecular complexity index is 900. The number of nitrogens with zero attached hydrogens (tertiary/aromatic N) is 5. The third-order valence-electron chi connectivity index (χ3n) is 4.62. The molecule has 2 atom stereocenters. The monoisotopic (exact) mass is 379 g/mol. The lowest BCUT2D eigenvalue weighted by Gasteiger charge is -2.24. The van der Waals surface area contributed by atoms with Crippen molar-refractivity contribution in [2.75, 3.05) is 13.6 Å². The average Bonchev–Trinajstić information content (AvgIpc) is 3.41. The number of aromatic nitrogens is 4.